The summed E-state index contributed by atoms with van der Waals surface area (Å²) in [6, 6.07) is 6.77. The zero-order valence-electron chi connectivity index (χ0n) is 11.3. The molecule has 1 aliphatic rings. The number of fused-ring (bicyclic) bond motifs is 1. The van der Waals surface area contributed by atoms with Crippen molar-refractivity contribution in [2.45, 2.75) is 52.4 Å². The molecule has 98 valence electrons. The number of aliphatic carboxylic acids is 1. The molecule has 0 saturated heterocycles. The van der Waals surface area contributed by atoms with E-state index in [9.17, 15) is 4.79 Å². The summed E-state index contributed by atoms with van der Waals surface area (Å²) in [7, 11) is 0. The monoisotopic (exact) mass is 246 g/mol. The quantitative estimate of drug-likeness (QED) is 0.861. The van der Waals surface area contributed by atoms with Crippen molar-refractivity contribution in [1.29, 1.82) is 0 Å². The van der Waals surface area contributed by atoms with Crippen molar-refractivity contribution in [1.82, 2.24) is 0 Å². The Kier molecular flexibility index (Phi) is 3.74. The summed E-state index contributed by atoms with van der Waals surface area (Å²) in [6.45, 7) is 3.61. The molecule has 0 radical (unpaired) electrons. The molecule has 0 unspecified atom stereocenters. The van der Waals surface area contributed by atoms with Crippen LogP contribution in [0, 0.1) is 5.41 Å². The fraction of sp³-hybridized carbons (Fsp3) is 0.562. The second-order valence-electron chi connectivity index (χ2n) is 6.00. The van der Waals surface area contributed by atoms with E-state index in [2.05, 4.69) is 18.2 Å². The molecule has 1 aromatic carbocycles. The van der Waals surface area contributed by atoms with Crippen LogP contribution in [-0.2, 0) is 24.1 Å². The summed E-state index contributed by atoms with van der Waals surface area (Å²) < 4.78 is 0. The third-order valence-corrected chi connectivity index (χ3v) is 4.01. The first-order valence-corrected chi connectivity index (χ1v) is 6.83. The second-order valence-corrected chi connectivity index (χ2v) is 6.00. The summed E-state index contributed by atoms with van der Waals surface area (Å²) in [5.41, 5.74) is 3.77. The molecule has 1 aromatic rings. The van der Waals surface area contributed by atoms with Crippen molar-refractivity contribution in [2.24, 2.45) is 5.41 Å². The van der Waals surface area contributed by atoms with Gasteiger partial charge in [0.2, 0.25) is 0 Å². The van der Waals surface area contributed by atoms with Gasteiger partial charge in [-0.25, -0.2) is 0 Å². The SMILES string of the molecule is CC(C)(CCCc1ccc2c(c1)CCC2)C(=O)O. The minimum Gasteiger partial charge on any atom is -0.481 e. The molecule has 2 nitrogen and oxygen atoms in total. The predicted molar refractivity (Wildman–Crippen MR) is 72.8 cm³/mol. The lowest BCUT2D eigenvalue weighted by Crippen LogP contribution is -2.23. The van der Waals surface area contributed by atoms with Crippen LogP contribution >= 0.6 is 0 Å². The van der Waals surface area contributed by atoms with Gasteiger partial charge in [-0.15, -0.1) is 0 Å². The van der Waals surface area contributed by atoms with Crippen LogP contribution in [-0.4, -0.2) is 11.1 Å². The molecule has 0 spiro atoms. The topological polar surface area (TPSA) is 37.3 Å². The van der Waals surface area contributed by atoms with E-state index in [0.29, 0.717) is 0 Å². The molecule has 0 aromatic heterocycles. The van der Waals surface area contributed by atoms with Crippen molar-refractivity contribution in [2.75, 3.05) is 0 Å². The van der Waals surface area contributed by atoms with Crippen molar-refractivity contribution >= 4 is 5.97 Å². The lowest BCUT2D eigenvalue weighted by atomic mass is 9.86. The lowest BCUT2D eigenvalue weighted by Gasteiger charge is -2.18. The van der Waals surface area contributed by atoms with Gasteiger partial charge in [-0.2, -0.15) is 0 Å². The molecule has 2 rings (SSSR count). The average molecular weight is 246 g/mol. The minimum absolute atomic E-state index is 0.600. The van der Waals surface area contributed by atoms with Crippen LogP contribution in [0.2, 0.25) is 0 Å². The van der Waals surface area contributed by atoms with Gasteiger partial charge in [-0.05, 0) is 69.1 Å². The van der Waals surface area contributed by atoms with Crippen molar-refractivity contribution in [3.63, 3.8) is 0 Å². The number of carboxylic acids is 1. The van der Waals surface area contributed by atoms with E-state index < -0.39 is 11.4 Å². The van der Waals surface area contributed by atoms with E-state index in [1.807, 2.05) is 0 Å². The molecule has 2 heteroatoms. The Morgan fingerprint density at radius 1 is 1.28 bits per heavy atom. The van der Waals surface area contributed by atoms with Crippen molar-refractivity contribution in [3.8, 4) is 0 Å². The summed E-state index contributed by atoms with van der Waals surface area (Å²) in [5.74, 6) is -0.698. The van der Waals surface area contributed by atoms with Gasteiger partial charge in [-0.1, -0.05) is 18.2 Å². The maximum atomic E-state index is 11.0. The average Bonchev–Trinajstić information content (AvgIpc) is 2.75. The first-order chi connectivity index (χ1) is 8.49. The highest BCUT2D eigenvalue weighted by Gasteiger charge is 2.26. The molecule has 0 fully saturated rings. The Labute approximate surface area is 109 Å². The Morgan fingerprint density at radius 3 is 2.72 bits per heavy atom. The lowest BCUT2D eigenvalue weighted by molar-refractivity contribution is -0.147. The molecule has 1 aliphatic carbocycles. The van der Waals surface area contributed by atoms with Gasteiger partial charge in [0, 0.05) is 0 Å². The molecule has 0 aliphatic heterocycles. The Morgan fingerprint density at radius 2 is 2.00 bits per heavy atom. The van der Waals surface area contributed by atoms with Crippen LogP contribution in [0.25, 0.3) is 0 Å². The number of carboxylic acid groups (broad SMARTS) is 1. The largest absolute Gasteiger partial charge is 0.481 e. The third-order valence-electron chi connectivity index (χ3n) is 4.01. The molecule has 0 atom stereocenters. The molecule has 0 bridgehead atoms. The van der Waals surface area contributed by atoms with Crippen molar-refractivity contribution < 1.29 is 9.90 Å². The van der Waals surface area contributed by atoms with Crippen LogP contribution in [0.4, 0.5) is 0 Å². The number of aryl methyl sites for hydroxylation is 3. The van der Waals surface area contributed by atoms with E-state index in [-0.39, 0.29) is 0 Å². The van der Waals surface area contributed by atoms with E-state index >= 15 is 0 Å². The molecule has 18 heavy (non-hydrogen) atoms. The Bertz CT molecular complexity index is 446. The molecule has 1 N–H and O–H groups in total. The fourth-order valence-electron chi connectivity index (χ4n) is 2.62. The van der Waals surface area contributed by atoms with Crippen LogP contribution in [0.3, 0.4) is 0 Å². The standard InChI is InChI=1S/C16H22O2/c1-16(2,15(17)18)10-4-5-12-8-9-13-6-3-7-14(13)11-12/h8-9,11H,3-7,10H2,1-2H3,(H,17,18). The van der Waals surface area contributed by atoms with Crippen LogP contribution in [0.1, 0.15) is 49.8 Å². The summed E-state index contributed by atoms with van der Waals surface area (Å²) in [4.78, 5) is 11.0. The summed E-state index contributed by atoms with van der Waals surface area (Å²) in [5, 5.41) is 9.07. The predicted octanol–water partition coefficient (Wildman–Crippen LogP) is 3.61. The minimum atomic E-state index is -0.698. The summed E-state index contributed by atoms with van der Waals surface area (Å²) >= 11 is 0. The zero-order chi connectivity index (χ0) is 13.2. The maximum Gasteiger partial charge on any atom is 0.309 e. The number of hydrogen-bond acceptors (Lipinski definition) is 1. The second kappa shape index (κ2) is 5.13. The molecular weight excluding hydrogens is 224 g/mol. The van der Waals surface area contributed by atoms with Gasteiger partial charge in [-0.3, -0.25) is 4.79 Å². The van der Waals surface area contributed by atoms with Gasteiger partial charge in [0.05, 0.1) is 5.41 Å². The molecule has 0 amide bonds. The first kappa shape index (κ1) is 13.1. The number of rotatable bonds is 5. The third kappa shape index (κ3) is 2.92. The van der Waals surface area contributed by atoms with Gasteiger partial charge < -0.3 is 5.11 Å². The molecule has 0 heterocycles. The first-order valence-electron chi connectivity index (χ1n) is 6.83. The fourth-order valence-corrected chi connectivity index (χ4v) is 2.62. The zero-order valence-corrected chi connectivity index (χ0v) is 11.3. The Balaban J connectivity index is 1.89. The molecular formula is C16H22O2. The van der Waals surface area contributed by atoms with Crippen LogP contribution < -0.4 is 0 Å². The summed E-state index contributed by atoms with van der Waals surface area (Å²) in [6.07, 6.45) is 6.39. The molecule has 0 saturated carbocycles. The van der Waals surface area contributed by atoms with Gasteiger partial charge in [0.25, 0.3) is 0 Å². The highest BCUT2D eigenvalue weighted by molar-refractivity contribution is 5.73. The van der Waals surface area contributed by atoms with E-state index in [4.69, 9.17) is 5.11 Å². The van der Waals surface area contributed by atoms with Gasteiger partial charge in [0.1, 0.15) is 0 Å². The van der Waals surface area contributed by atoms with E-state index in [1.54, 1.807) is 13.8 Å². The number of hydrogen-bond donors (Lipinski definition) is 1. The van der Waals surface area contributed by atoms with Crippen LogP contribution in [0.15, 0.2) is 18.2 Å². The van der Waals surface area contributed by atoms with Gasteiger partial charge in [0.15, 0.2) is 0 Å². The maximum absolute atomic E-state index is 11.0. The highest BCUT2D eigenvalue weighted by Crippen LogP contribution is 2.26. The Hall–Kier alpha value is -1.31. The van der Waals surface area contributed by atoms with E-state index in [1.165, 1.54) is 36.0 Å². The van der Waals surface area contributed by atoms with Crippen molar-refractivity contribution in [3.05, 3.63) is 34.9 Å². The number of carbonyl (C=O) groups is 1. The smallest absolute Gasteiger partial charge is 0.309 e. The number of benzene rings is 1. The van der Waals surface area contributed by atoms with Gasteiger partial charge >= 0.3 is 5.97 Å². The van der Waals surface area contributed by atoms with Crippen LogP contribution in [0.5, 0.6) is 0 Å². The highest BCUT2D eigenvalue weighted by atomic mass is 16.4. The van der Waals surface area contributed by atoms with E-state index in [0.717, 1.165) is 19.3 Å². The normalized spacial score (nSPS) is 14.6.